The van der Waals surface area contributed by atoms with E-state index in [0.29, 0.717) is 5.69 Å². The van der Waals surface area contributed by atoms with Crippen molar-refractivity contribution < 1.29 is 14.7 Å². The molecule has 23 heavy (non-hydrogen) atoms. The van der Waals surface area contributed by atoms with Gasteiger partial charge in [0.15, 0.2) is 0 Å². The van der Waals surface area contributed by atoms with Crippen molar-refractivity contribution in [3.8, 4) is 0 Å². The Morgan fingerprint density at radius 2 is 1.78 bits per heavy atom. The number of imide groups is 1. The summed E-state index contributed by atoms with van der Waals surface area (Å²) >= 11 is 1.38. The van der Waals surface area contributed by atoms with Gasteiger partial charge in [-0.1, -0.05) is 35.9 Å². The normalized spacial score (nSPS) is 26.2. The molecule has 0 aliphatic carbocycles. The number of benzene rings is 2. The second kappa shape index (κ2) is 5.22. The van der Waals surface area contributed by atoms with E-state index in [1.165, 1.54) is 16.7 Å². The zero-order chi connectivity index (χ0) is 16.1. The number of aliphatic hydroxyl groups is 1. The third-order valence-electron chi connectivity index (χ3n) is 4.39. The van der Waals surface area contributed by atoms with Crippen molar-refractivity contribution in [1.82, 2.24) is 0 Å². The Hall–Kier alpha value is -2.11. The van der Waals surface area contributed by atoms with Crippen LogP contribution in [-0.2, 0) is 9.59 Å². The van der Waals surface area contributed by atoms with Crippen LogP contribution in [0.5, 0.6) is 0 Å². The Morgan fingerprint density at radius 3 is 2.52 bits per heavy atom. The van der Waals surface area contributed by atoms with Crippen LogP contribution < -0.4 is 4.90 Å². The Kier molecular flexibility index (Phi) is 3.28. The molecule has 0 bridgehead atoms. The van der Waals surface area contributed by atoms with Crippen LogP contribution >= 0.6 is 11.8 Å². The predicted octanol–water partition coefficient (Wildman–Crippen LogP) is 2.69. The molecule has 4 rings (SSSR count). The molecular weight excluding hydrogens is 310 g/mol. The molecule has 1 saturated heterocycles. The zero-order valence-corrected chi connectivity index (χ0v) is 13.3. The van der Waals surface area contributed by atoms with E-state index in [-0.39, 0.29) is 11.8 Å². The maximum Gasteiger partial charge on any atom is 0.248 e. The number of aliphatic hydroxyl groups excluding tert-OH is 1. The number of carbonyl (C=O) groups is 2. The van der Waals surface area contributed by atoms with E-state index in [2.05, 4.69) is 0 Å². The van der Waals surface area contributed by atoms with Gasteiger partial charge in [-0.05, 0) is 30.7 Å². The van der Waals surface area contributed by atoms with Crippen molar-refractivity contribution in [2.24, 2.45) is 5.92 Å². The molecule has 2 aliphatic rings. The summed E-state index contributed by atoms with van der Waals surface area (Å²) in [5, 5.41) is 10.1. The van der Waals surface area contributed by atoms with E-state index in [1.807, 2.05) is 31.2 Å². The number of hydrogen-bond acceptors (Lipinski definition) is 4. The van der Waals surface area contributed by atoms with E-state index in [9.17, 15) is 14.7 Å². The van der Waals surface area contributed by atoms with E-state index in [0.717, 1.165) is 16.0 Å². The summed E-state index contributed by atoms with van der Waals surface area (Å²) in [6.07, 6.45) is -0.943. The van der Waals surface area contributed by atoms with Crippen molar-refractivity contribution >= 4 is 29.3 Å². The molecule has 2 aromatic carbocycles. The number of carbonyl (C=O) groups excluding carboxylic acids is 2. The summed E-state index contributed by atoms with van der Waals surface area (Å²) in [4.78, 5) is 27.6. The minimum absolute atomic E-state index is 0.249. The summed E-state index contributed by atoms with van der Waals surface area (Å²) in [5.74, 6) is -1.29. The molecule has 0 aromatic heterocycles. The van der Waals surface area contributed by atoms with E-state index >= 15 is 0 Å². The number of aryl methyl sites for hydroxylation is 1. The second-order valence-electron chi connectivity index (χ2n) is 5.90. The largest absolute Gasteiger partial charge is 0.387 e. The van der Waals surface area contributed by atoms with Gasteiger partial charge in [0.05, 0.1) is 17.7 Å². The number of anilines is 1. The third-order valence-corrected chi connectivity index (χ3v) is 5.76. The standard InChI is InChI=1S/C18H15NO3S/c1-10-7-8-13-12(9-10)15(20)14-16(23-13)18(22)19(17(14)21)11-5-3-2-4-6-11/h2-9,14-16,20H,1H3/t14-,15+,16+/m1/s1. The Morgan fingerprint density at radius 1 is 1.04 bits per heavy atom. The fourth-order valence-corrected chi connectivity index (χ4v) is 4.61. The van der Waals surface area contributed by atoms with E-state index in [4.69, 9.17) is 0 Å². The van der Waals surface area contributed by atoms with Crippen LogP contribution in [0.1, 0.15) is 17.2 Å². The van der Waals surface area contributed by atoms with Crippen molar-refractivity contribution in [1.29, 1.82) is 0 Å². The summed E-state index contributed by atoms with van der Waals surface area (Å²) in [6, 6.07) is 14.7. The molecule has 116 valence electrons. The van der Waals surface area contributed by atoms with Crippen LogP contribution in [0, 0.1) is 12.8 Å². The maximum absolute atomic E-state index is 12.8. The lowest BCUT2D eigenvalue weighted by molar-refractivity contribution is -0.124. The number of fused-ring (bicyclic) bond motifs is 2. The topological polar surface area (TPSA) is 57.6 Å². The van der Waals surface area contributed by atoms with E-state index in [1.54, 1.807) is 24.3 Å². The van der Waals surface area contributed by atoms with Crippen molar-refractivity contribution in [3.63, 3.8) is 0 Å². The number of amides is 2. The lowest BCUT2D eigenvalue weighted by Crippen LogP contribution is -2.32. The molecule has 5 heteroatoms. The van der Waals surface area contributed by atoms with Gasteiger partial charge < -0.3 is 5.11 Å². The van der Waals surface area contributed by atoms with Crippen LogP contribution in [0.25, 0.3) is 0 Å². The molecular formula is C18H15NO3S. The highest BCUT2D eigenvalue weighted by atomic mass is 32.2. The predicted molar refractivity (Wildman–Crippen MR) is 88.2 cm³/mol. The van der Waals surface area contributed by atoms with Gasteiger partial charge in [0, 0.05) is 4.90 Å². The molecule has 3 atom stereocenters. The summed E-state index contributed by atoms with van der Waals surface area (Å²) in [7, 11) is 0. The van der Waals surface area contributed by atoms with Gasteiger partial charge in [0.1, 0.15) is 5.25 Å². The molecule has 0 spiro atoms. The first-order valence-corrected chi connectivity index (χ1v) is 8.34. The highest BCUT2D eigenvalue weighted by Gasteiger charge is 2.54. The quantitative estimate of drug-likeness (QED) is 0.819. The SMILES string of the molecule is Cc1ccc2c(c1)[C@H](O)[C@H]1C(=O)N(c3ccccc3)C(=O)[C@H]1S2. The summed E-state index contributed by atoms with van der Waals surface area (Å²) in [5.41, 5.74) is 2.33. The summed E-state index contributed by atoms with van der Waals surface area (Å²) in [6.45, 7) is 1.95. The second-order valence-corrected chi connectivity index (χ2v) is 7.08. The zero-order valence-electron chi connectivity index (χ0n) is 12.5. The van der Waals surface area contributed by atoms with Gasteiger partial charge in [-0.2, -0.15) is 0 Å². The fraction of sp³-hybridized carbons (Fsp3) is 0.222. The molecule has 2 aromatic rings. The lowest BCUT2D eigenvalue weighted by Gasteiger charge is -2.28. The number of nitrogens with zero attached hydrogens (tertiary/aromatic N) is 1. The molecule has 2 heterocycles. The van der Waals surface area contributed by atoms with Gasteiger partial charge in [-0.25, -0.2) is 4.90 Å². The van der Waals surface area contributed by atoms with Crippen molar-refractivity contribution in [3.05, 3.63) is 59.7 Å². The number of rotatable bonds is 1. The maximum atomic E-state index is 12.8. The number of para-hydroxylation sites is 1. The smallest absolute Gasteiger partial charge is 0.248 e. The van der Waals surface area contributed by atoms with Crippen LogP contribution in [0.15, 0.2) is 53.4 Å². The highest BCUT2D eigenvalue weighted by molar-refractivity contribution is 8.00. The van der Waals surface area contributed by atoms with Gasteiger partial charge in [0.25, 0.3) is 0 Å². The number of thioether (sulfide) groups is 1. The molecule has 2 aliphatic heterocycles. The van der Waals surface area contributed by atoms with Gasteiger partial charge in [-0.15, -0.1) is 11.8 Å². The van der Waals surface area contributed by atoms with Gasteiger partial charge >= 0.3 is 0 Å². The van der Waals surface area contributed by atoms with E-state index < -0.39 is 17.3 Å². The van der Waals surface area contributed by atoms with Crippen LogP contribution in [0.4, 0.5) is 5.69 Å². The summed E-state index contributed by atoms with van der Waals surface area (Å²) < 4.78 is 0. The van der Waals surface area contributed by atoms with Crippen molar-refractivity contribution in [2.45, 2.75) is 23.2 Å². The monoisotopic (exact) mass is 325 g/mol. The van der Waals surface area contributed by atoms with Crippen molar-refractivity contribution in [2.75, 3.05) is 4.90 Å². The van der Waals surface area contributed by atoms with Gasteiger partial charge in [0.2, 0.25) is 11.8 Å². The average Bonchev–Trinajstić information content (AvgIpc) is 2.80. The molecule has 0 radical (unpaired) electrons. The highest BCUT2D eigenvalue weighted by Crippen LogP contribution is 2.49. The number of hydrogen-bond donors (Lipinski definition) is 1. The first-order chi connectivity index (χ1) is 11.1. The molecule has 1 fully saturated rings. The molecule has 0 saturated carbocycles. The van der Waals surface area contributed by atoms with Crippen LogP contribution in [0.3, 0.4) is 0 Å². The molecule has 4 nitrogen and oxygen atoms in total. The Bertz CT molecular complexity index is 805. The molecule has 1 N–H and O–H groups in total. The van der Waals surface area contributed by atoms with Crippen LogP contribution in [-0.4, -0.2) is 22.2 Å². The molecule has 2 amide bonds. The first kappa shape index (κ1) is 14.5. The fourth-order valence-electron chi connectivity index (χ4n) is 3.26. The first-order valence-electron chi connectivity index (χ1n) is 7.46. The third kappa shape index (κ3) is 2.11. The Balaban J connectivity index is 1.78. The average molecular weight is 325 g/mol. The molecule has 0 unspecified atom stereocenters. The lowest BCUT2D eigenvalue weighted by atomic mass is 9.92. The minimum atomic E-state index is -0.943. The Labute approximate surface area is 138 Å². The van der Waals surface area contributed by atoms with Gasteiger partial charge in [-0.3, -0.25) is 9.59 Å². The van der Waals surface area contributed by atoms with Crippen LogP contribution in [0.2, 0.25) is 0 Å². The minimum Gasteiger partial charge on any atom is -0.387 e.